The standard InChI is InChI=1S/C15H13NO3/c1-11(14(17)12-6-3-2-4-7-12)19-15(18)13-8-5-9-16-10-13/h2-11H,1H3/t11-/m0/s1. The summed E-state index contributed by atoms with van der Waals surface area (Å²) in [5.41, 5.74) is 0.851. The molecule has 0 aliphatic heterocycles. The lowest BCUT2D eigenvalue weighted by Crippen LogP contribution is -2.24. The number of hydrogen-bond acceptors (Lipinski definition) is 4. The third kappa shape index (κ3) is 3.25. The first-order valence-corrected chi connectivity index (χ1v) is 5.89. The van der Waals surface area contributed by atoms with Gasteiger partial charge >= 0.3 is 5.97 Å². The molecule has 0 bridgehead atoms. The lowest BCUT2D eigenvalue weighted by atomic mass is 10.1. The number of aromatic nitrogens is 1. The summed E-state index contributed by atoms with van der Waals surface area (Å²) in [4.78, 5) is 27.6. The minimum atomic E-state index is -0.824. The first-order valence-electron chi connectivity index (χ1n) is 5.89. The smallest absolute Gasteiger partial charge is 0.340 e. The molecule has 1 heterocycles. The first kappa shape index (κ1) is 13.0. The van der Waals surface area contributed by atoms with E-state index in [1.807, 2.05) is 6.07 Å². The summed E-state index contributed by atoms with van der Waals surface area (Å²) < 4.78 is 5.12. The summed E-state index contributed by atoms with van der Waals surface area (Å²) in [5.74, 6) is -0.775. The first-order chi connectivity index (χ1) is 9.18. The quantitative estimate of drug-likeness (QED) is 0.622. The molecule has 4 nitrogen and oxygen atoms in total. The molecule has 1 aromatic heterocycles. The zero-order valence-corrected chi connectivity index (χ0v) is 10.4. The predicted octanol–water partition coefficient (Wildman–Crippen LogP) is 2.51. The fraction of sp³-hybridized carbons (Fsp3) is 0.133. The molecule has 0 aliphatic carbocycles. The van der Waals surface area contributed by atoms with Gasteiger partial charge in [0.2, 0.25) is 5.78 Å². The maximum atomic E-state index is 12.0. The van der Waals surface area contributed by atoms with E-state index in [0.717, 1.165) is 0 Å². The summed E-state index contributed by atoms with van der Waals surface area (Å²) in [7, 11) is 0. The molecule has 0 aliphatic rings. The van der Waals surface area contributed by atoms with Crippen LogP contribution >= 0.6 is 0 Å². The van der Waals surface area contributed by atoms with Crippen molar-refractivity contribution in [2.24, 2.45) is 0 Å². The highest BCUT2D eigenvalue weighted by Gasteiger charge is 2.20. The van der Waals surface area contributed by atoms with Crippen LogP contribution in [-0.2, 0) is 4.74 Å². The van der Waals surface area contributed by atoms with E-state index in [4.69, 9.17) is 4.74 Å². The SMILES string of the molecule is C[C@H](OC(=O)c1cccnc1)C(=O)c1ccccc1. The molecule has 1 atom stereocenters. The number of esters is 1. The Labute approximate surface area is 111 Å². The minimum Gasteiger partial charge on any atom is -0.451 e. The second-order valence-electron chi connectivity index (χ2n) is 4.02. The lowest BCUT2D eigenvalue weighted by Gasteiger charge is -2.12. The zero-order valence-electron chi connectivity index (χ0n) is 10.4. The maximum absolute atomic E-state index is 12.0. The van der Waals surface area contributed by atoms with Crippen molar-refractivity contribution >= 4 is 11.8 Å². The molecule has 0 spiro atoms. The topological polar surface area (TPSA) is 56.3 Å². The molecule has 0 unspecified atom stereocenters. The molecule has 0 radical (unpaired) electrons. The lowest BCUT2D eigenvalue weighted by molar-refractivity contribution is 0.0318. The number of rotatable bonds is 4. The van der Waals surface area contributed by atoms with E-state index in [1.54, 1.807) is 49.5 Å². The Hall–Kier alpha value is -2.49. The molecule has 0 N–H and O–H groups in total. The maximum Gasteiger partial charge on any atom is 0.340 e. The molecular weight excluding hydrogens is 242 g/mol. The van der Waals surface area contributed by atoms with Gasteiger partial charge in [-0.25, -0.2) is 4.79 Å². The van der Waals surface area contributed by atoms with Crippen LogP contribution < -0.4 is 0 Å². The molecule has 0 fully saturated rings. The van der Waals surface area contributed by atoms with Crippen molar-refractivity contribution in [1.29, 1.82) is 0 Å². The Bertz CT molecular complexity index is 566. The number of nitrogens with zero attached hydrogens (tertiary/aromatic N) is 1. The van der Waals surface area contributed by atoms with Crippen molar-refractivity contribution in [2.45, 2.75) is 13.0 Å². The third-order valence-corrected chi connectivity index (χ3v) is 2.61. The van der Waals surface area contributed by atoms with Crippen LogP contribution in [0.2, 0.25) is 0 Å². The van der Waals surface area contributed by atoms with Gasteiger partial charge in [-0.2, -0.15) is 0 Å². The van der Waals surface area contributed by atoms with Gasteiger partial charge in [-0.15, -0.1) is 0 Å². The van der Waals surface area contributed by atoms with Crippen LogP contribution in [0.1, 0.15) is 27.6 Å². The monoisotopic (exact) mass is 255 g/mol. The highest BCUT2D eigenvalue weighted by atomic mass is 16.5. The molecular formula is C15H13NO3. The van der Waals surface area contributed by atoms with Crippen LogP contribution in [-0.4, -0.2) is 22.8 Å². The summed E-state index contributed by atoms with van der Waals surface area (Å²) in [6.45, 7) is 1.56. The van der Waals surface area contributed by atoms with E-state index in [-0.39, 0.29) is 5.78 Å². The molecule has 2 aromatic rings. The average molecular weight is 255 g/mol. The summed E-state index contributed by atoms with van der Waals surface area (Å²) in [6, 6.07) is 12.0. The Morgan fingerprint density at radius 2 is 1.74 bits per heavy atom. The van der Waals surface area contributed by atoms with Crippen LogP contribution in [0.3, 0.4) is 0 Å². The Kier molecular flexibility index (Phi) is 4.03. The van der Waals surface area contributed by atoms with Gasteiger partial charge in [0, 0.05) is 18.0 Å². The van der Waals surface area contributed by atoms with Crippen molar-refractivity contribution in [3.8, 4) is 0 Å². The van der Waals surface area contributed by atoms with E-state index in [1.165, 1.54) is 6.20 Å². The van der Waals surface area contributed by atoms with Crippen molar-refractivity contribution in [1.82, 2.24) is 4.98 Å². The van der Waals surface area contributed by atoms with Gasteiger partial charge in [-0.05, 0) is 19.1 Å². The second-order valence-corrected chi connectivity index (χ2v) is 4.02. The Balaban J connectivity index is 2.04. The second kappa shape index (κ2) is 5.91. The van der Waals surface area contributed by atoms with E-state index < -0.39 is 12.1 Å². The molecule has 4 heteroatoms. The van der Waals surface area contributed by atoms with Gasteiger partial charge in [0.1, 0.15) is 0 Å². The highest BCUT2D eigenvalue weighted by molar-refractivity contribution is 6.01. The largest absolute Gasteiger partial charge is 0.451 e. The van der Waals surface area contributed by atoms with Crippen LogP contribution in [0, 0.1) is 0 Å². The molecule has 1 aromatic carbocycles. The van der Waals surface area contributed by atoms with E-state index >= 15 is 0 Å². The van der Waals surface area contributed by atoms with Gasteiger partial charge in [-0.3, -0.25) is 9.78 Å². The van der Waals surface area contributed by atoms with Crippen LogP contribution in [0.15, 0.2) is 54.9 Å². The number of pyridine rings is 1. The zero-order chi connectivity index (χ0) is 13.7. The molecule has 19 heavy (non-hydrogen) atoms. The number of carbonyl (C=O) groups excluding carboxylic acids is 2. The van der Waals surface area contributed by atoms with E-state index in [2.05, 4.69) is 4.98 Å². The highest BCUT2D eigenvalue weighted by Crippen LogP contribution is 2.08. The molecule has 0 saturated carbocycles. The number of Topliss-reactive ketones (excluding diaryl/α,β-unsaturated/α-hetero) is 1. The number of benzene rings is 1. The predicted molar refractivity (Wildman–Crippen MR) is 69.9 cm³/mol. The number of hydrogen-bond donors (Lipinski definition) is 0. The van der Waals surface area contributed by atoms with E-state index in [0.29, 0.717) is 11.1 Å². The van der Waals surface area contributed by atoms with Crippen molar-refractivity contribution in [3.63, 3.8) is 0 Å². The van der Waals surface area contributed by atoms with Gasteiger partial charge in [0.05, 0.1) is 5.56 Å². The van der Waals surface area contributed by atoms with Crippen molar-refractivity contribution in [3.05, 3.63) is 66.0 Å². The van der Waals surface area contributed by atoms with Crippen LogP contribution in [0.25, 0.3) is 0 Å². The van der Waals surface area contributed by atoms with Gasteiger partial charge < -0.3 is 4.74 Å². The van der Waals surface area contributed by atoms with Crippen LogP contribution in [0.5, 0.6) is 0 Å². The molecule has 96 valence electrons. The Morgan fingerprint density at radius 3 is 2.37 bits per heavy atom. The third-order valence-electron chi connectivity index (χ3n) is 2.61. The van der Waals surface area contributed by atoms with Crippen molar-refractivity contribution < 1.29 is 14.3 Å². The molecule has 0 saturated heterocycles. The van der Waals surface area contributed by atoms with Crippen LogP contribution in [0.4, 0.5) is 0 Å². The fourth-order valence-electron chi connectivity index (χ4n) is 1.60. The number of carbonyl (C=O) groups is 2. The summed E-state index contributed by atoms with van der Waals surface area (Å²) in [6.07, 6.45) is 2.15. The van der Waals surface area contributed by atoms with Gasteiger partial charge in [0.25, 0.3) is 0 Å². The fourth-order valence-corrected chi connectivity index (χ4v) is 1.60. The number of ether oxygens (including phenoxy) is 1. The van der Waals surface area contributed by atoms with Crippen molar-refractivity contribution in [2.75, 3.05) is 0 Å². The normalized spacial score (nSPS) is 11.6. The van der Waals surface area contributed by atoms with Gasteiger partial charge in [0.15, 0.2) is 6.10 Å². The molecule has 0 amide bonds. The summed E-state index contributed by atoms with van der Waals surface area (Å²) >= 11 is 0. The number of ketones is 1. The Morgan fingerprint density at radius 1 is 1.05 bits per heavy atom. The summed E-state index contributed by atoms with van der Waals surface area (Å²) in [5, 5.41) is 0. The minimum absolute atomic E-state index is 0.224. The van der Waals surface area contributed by atoms with E-state index in [9.17, 15) is 9.59 Å². The van der Waals surface area contributed by atoms with Gasteiger partial charge in [-0.1, -0.05) is 30.3 Å². The average Bonchev–Trinajstić information content (AvgIpc) is 2.48. The molecule has 2 rings (SSSR count).